The number of nitrogens with one attached hydrogen (secondary N) is 2. The second-order valence-electron chi connectivity index (χ2n) is 1.84. The summed E-state index contributed by atoms with van der Waals surface area (Å²) >= 11 is 0. The van der Waals surface area contributed by atoms with Crippen LogP contribution in [0.4, 0.5) is 5.82 Å². The van der Waals surface area contributed by atoms with Crippen LogP contribution in [0, 0.1) is 0 Å². The van der Waals surface area contributed by atoms with E-state index in [-0.39, 0.29) is 5.56 Å². The molecular formula is C6H9N3O. The molecule has 0 unspecified atom stereocenters. The minimum absolute atomic E-state index is 0.179. The number of rotatable bonds is 2. The fourth-order valence-electron chi connectivity index (χ4n) is 0.624. The van der Waals surface area contributed by atoms with E-state index in [1.165, 1.54) is 6.07 Å². The van der Waals surface area contributed by atoms with Gasteiger partial charge in [-0.05, 0) is 13.0 Å². The molecule has 1 rings (SSSR count). The summed E-state index contributed by atoms with van der Waals surface area (Å²) in [4.78, 5) is 10.5. The summed E-state index contributed by atoms with van der Waals surface area (Å²) in [6.07, 6.45) is 0. The summed E-state index contributed by atoms with van der Waals surface area (Å²) in [7, 11) is 0. The zero-order valence-corrected chi connectivity index (χ0v) is 5.72. The molecule has 0 fully saturated rings. The molecule has 54 valence electrons. The molecule has 0 amide bonds. The van der Waals surface area contributed by atoms with Gasteiger partial charge in [-0.3, -0.25) is 4.79 Å². The van der Waals surface area contributed by atoms with E-state index in [1.54, 1.807) is 6.07 Å². The van der Waals surface area contributed by atoms with Crippen molar-refractivity contribution in [2.24, 2.45) is 0 Å². The molecule has 4 heteroatoms. The Balaban J connectivity index is 2.79. The standard InChI is InChI=1S/C6H9N3O/c1-2-7-5-3-4-6(10)9-8-5/h3-4H,2H2,1H3,(H,7,8)(H,9,10). The molecule has 4 nitrogen and oxygen atoms in total. The second kappa shape index (κ2) is 3.00. The van der Waals surface area contributed by atoms with Crippen molar-refractivity contribution in [3.63, 3.8) is 0 Å². The zero-order valence-electron chi connectivity index (χ0n) is 5.72. The van der Waals surface area contributed by atoms with Gasteiger partial charge in [-0.15, -0.1) is 0 Å². The number of aromatic nitrogens is 2. The fourth-order valence-corrected chi connectivity index (χ4v) is 0.624. The lowest BCUT2D eigenvalue weighted by molar-refractivity contribution is 0.977. The molecule has 0 saturated heterocycles. The Morgan fingerprint density at radius 1 is 1.70 bits per heavy atom. The van der Waals surface area contributed by atoms with Crippen LogP contribution in [0.2, 0.25) is 0 Å². The predicted octanol–water partition coefficient (Wildman–Crippen LogP) is 0.202. The highest BCUT2D eigenvalue weighted by Crippen LogP contribution is 1.92. The van der Waals surface area contributed by atoms with Crippen molar-refractivity contribution < 1.29 is 0 Å². The SMILES string of the molecule is CCNc1ccc(=O)[nH]n1. The van der Waals surface area contributed by atoms with Gasteiger partial charge in [-0.1, -0.05) is 0 Å². The molecule has 0 aliphatic heterocycles. The van der Waals surface area contributed by atoms with Crippen molar-refractivity contribution in [1.82, 2.24) is 10.2 Å². The van der Waals surface area contributed by atoms with Crippen LogP contribution in [-0.4, -0.2) is 16.7 Å². The third kappa shape index (κ3) is 1.58. The fraction of sp³-hybridized carbons (Fsp3) is 0.333. The lowest BCUT2D eigenvalue weighted by Gasteiger charge is -1.97. The van der Waals surface area contributed by atoms with Crippen molar-refractivity contribution in [3.05, 3.63) is 22.5 Å². The smallest absolute Gasteiger partial charge is 0.264 e. The lowest BCUT2D eigenvalue weighted by atomic mass is 10.5. The maximum atomic E-state index is 10.5. The summed E-state index contributed by atoms with van der Waals surface area (Å²) < 4.78 is 0. The summed E-state index contributed by atoms with van der Waals surface area (Å²) in [6.45, 7) is 2.77. The van der Waals surface area contributed by atoms with Gasteiger partial charge in [0.05, 0.1) is 0 Å². The first-order valence-electron chi connectivity index (χ1n) is 3.12. The Morgan fingerprint density at radius 3 is 3.00 bits per heavy atom. The molecule has 0 radical (unpaired) electrons. The average molecular weight is 139 g/mol. The Kier molecular flexibility index (Phi) is 2.04. The molecule has 10 heavy (non-hydrogen) atoms. The van der Waals surface area contributed by atoms with Gasteiger partial charge >= 0.3 is 0 Å². The Hall–Kier alpha value is -1.32. The molecule has 1 heterocycles. The Morgan fingerprint density at radius 2 is 2.50 bits per heavy atom. The average Bonchev–Trinajstić information content (AvgIpc) is 1.95. The Bertz CT molecular complexity index is 235. The third-order valence-corrected chi connectivity index (χ3v) is 1.04. The summed E-state index contributed by atoms with van der Waals surface area (Å²) in [5.74, 6) is 0.696. The van der Waals surface area contributed by atoms with E-state index in [9.17, 15) is 4.79 Å². The number of nitrogens with zero attached hydrogens (tertiary/aromatic N) is 1. The minimum atomic E-state index is -0.179. The number of anilines is 1. The van der Waals surface area contributed by atoms with Crippen LogP contribution in [0.1, 0.15) is 6.92 Å². The lowest BCUT2D eigenvalue weighted by Crippen LogP contribution is -2.08. The monoisotopic (exact) mass is 139 g/mol. The number of H-pyrrole nitrogens is 1. The van der Waals surface area contributed by atoms with Crippen molar-refractivity contribution in [2.45, 2.75) is 6.92 Å². The van der Waals surface area contributed by atoms with Crippen LogP contribution in [0.15, 0.2) is 16.9 Å². The normalized spacial score (nSPS) is 9.30. The quantitative estimate of drug-likeness (QED) is 0.615. The maximum Gasteiger partial charge on any atom is 0.264 e. The molecule has 0 aliphatic carbocycles. The Labute approximate surface area is 58.3 Å². The second-order valence-corrected chi connectivity index (χ2v) is 1.84. The number of aromatic amines is 1. The van der Waals surface area contributed by atoms with Crippen molar-refractivity contribution in [1.29, 1.82) is 0 Å². The highest BCUT2D eigenvalue weighted by molar-refractivity contribution is 5.30. The van der Waals surface area contributed by atoms with E-state index >= 15 is 0 Å². The maximum absolute atomic E-state index is 10.5. The van der Waals surface area contributed by atoms with Crippen LogP contribution >= 0.6 is 0 Å². The first-order valence-corrected chi connectivity index (χ1v) is 3.12. The predicted molar refractivity (Wildman–Crippen MR) is 39.0 cm³/mol. The van der Waals surface area contributed by atoms with Gasteiger partial charge in [0, 0.05) is 12.6 Å². The van der Waals surface area contributed by atoms with E-state index in [1.807, 2.05) is 6.92 Å². The largest absolute Gasteiger partial charge is 0.369 e. The first-order chi connectivity index (χ1) is 4.83. The molecule has 1 aromatic heterocycles. The molecule has 0 saturated carbocycles. The van der Waals surface area contributed by atoms with Crippen molar-refractivity contribution in [3.8, 4) is 0 Å². The number of hydrogen-bond acceptors (Lipinski definition) is 3. The van der Waals surface area contributed by atoms with E-state index in [0.717, 1.165) is 6.54 Å². The van der Waals surface area contributed by atoms with Crippen LogP contribution in [0.5, 0.6) is 0 Å². The molecule has 0 bridgehead atoms. The molecule has 1 aromatic rings. The van der Waals surface area contributed by atoms with Gasteiger partial charge in [-0.2, -0.15) is 5.10 Å². The molecule has 0 atom stereocenters. The molecule has 0 aliphatic rings. The van der Waals surface area contributed by atoms with Gasteiger partial charge in [0.15, 0.2) is 0 Å². The van der Waals surface area contributed by atoms with Crippen molar-refractivity contribution >= 4 is 5.82 Å². The molecule has 0 spiro atoms. The van der Waals surface area contributed by atoms with Gasteiger partial charge in [0.25, 0.3) is 5.56 Å². The van der Waals surface area contributed by atoms with Crippen LogP contribution in [0.3, 0.4) is 0 Å². The van der Waals surface area contributed by atoms with E-state index in [2.05, 4.69) is 15.5 Å². The van der Waals surface area contributed by atoms with Crippen molar-refractivity contribution in [2.75, 3.05) is 11.9 Å². The summed E-state index contributed by atoms with van der Waals surface area (Å²) in [6, 6.07) is 3.08. The van der Waals surface area contributed by atoms with E-state index in [0.29, 0.717) is 5.82 Å². The highest BCUT2D eigenvalue weighted by atomic mass is 16.1. The van der Waals surface area contributed by atoms with E-state index in [4.69, 9.17) is 0 Å². The van der Waals surface area contributed by atoms with Gasteiger partial charge in [0.1, 0.15) is 5.82 Å². The van der Waals surface area contributed by atoms with Gasteiger partial charge in [0.2, 0.25) is 0 Å². The topological polar surface area (TPSA) is 57.8 Å². The molecule has 2 N–H and O–H groups in total. The van der Waals surface area contributed by atoms with Crippen LogP contribution in [-0.2, 0) is 0 Å². The minimum Gasteiger partial charge on any atom is -0.369 e. The first kappa shape index (κ1) is 6.80. The summed E-state index contributed by atoms with van der Waals surface area (Å²) in [5, 5.41) is 8.99. The van der Waals surface area contributed by atoms with Gasteiger partial charge < -0.3 is 5.32 Å². The van der Waals surface area contributed by atoms with Crippen LogP contribution < -0.4 is 10.9 Å². The van der Waals surface area contributed by atoms with Crippen LogP contribution in [0.25, 0.3) is 0 Å². The molecule has 0 aromatic carbocycles. The third-order valence-electron chi connectivity index (χ3n) is 1.04. The molecular weight excluding hydrogens is 130 g/mol. The highest BCUT2D eigenvalue weighted by Gasteiger charge is 1.87. The number of hydrogen-bond donors (Lipinski definition) is 2. The van der Waals surface area contributed by atoms with Gasteiger partial charge in [-0.25, -0.2) is 5.10 Å². The zero-order chi connectivity index (χ0) is 7.40. The van der Waals surface area contributed by atoms with E-state index < -0.39 is 0 Å². The summed E-state index contributed by atoms with van der Waals surface area (Å²) in [5.41, 5.74) is -0.179.